The Morgan fingerprint density at radius 2 is 1.30 bits per heavy atom. The summed E-state index contributed by atoms with van der Waals surface area (Å²) in [6, 6.07) is 20.0. The van der Waals surface area contributed by atoms with Crippen molar-refractivity contribution in [3.63, 3.8) is 0 Å². The predicted octanol–water partition coefficient (Wildman–Crippen LogP) is 8.82. The molecule has 3 aliphatic rings. The number of benzene rings is 2. The van der Waals surface area contributed by atoms with Gasteiger partial charge in [-0.15, -0.1) is 0 Å². The monoisotopic (exact) mass is 634 g/mol. The van der Waals surface area contributed by atoms with Crippen molar-refractivity contribution in [3.8, 4) is 0 Å². The largest absolute Gasteiger partial charge is 0.510 e. The number of hydrogen-bond donors (Lipinski definition) is 0. The molecular formula is C39H56NO6+. The molecule has 3 unspecified atom stereocenters. The molecule has 5 rings (SSSR count). The molecule has 0 saturated carbocycles. The Morgan fingerprint density at radius 1 is 0.783 bits per heavy atom. The summed E-state index contributed by atoms with van der Waals surface area (Å²) in [5.74, 6) is -0.470. The SMILES string of the molecule is CCCCCCCCCCCOC(=O)OC(C)OC(C(=O)OC1CC2CCC(C1)[N+]21CCCC1)(c1ccccc1)c1ccccc1. The fraction of sp³-hybridized carbons (Fsp3) is 0.641. The number of carbonyl (C=O) groups is 2. The second-order valence-corrected chi connectivity index (χ2v) is 13.8. The highest BCUT2D eigenvalue weighted by molar-refractivity contribution is 5.86. The standard InChI is InChI=1S/C39H56NO6/c1-3-4-5-6-7-8-9-10-19-28-43-38(42)44-31(2)46-39(32-20-13-11-14-21-32,33-22-15-12-16-23-33)37(41)45-36-29-34-24-25-35(30-36)40(34)26-17-18-27-40/h11-16,20-23,31,34-36H,3-10,17-19,24-30H2,1-2H3/q+1. The topological polar surface area (TPSA) is 71.1 Å². The van der Waals surface area contributed by atoms with Crippen LogP contribution in [0.15, 0.2) is 60.7 Å². The van der Waals surface area contributed by atoms with Gasteiger partial charge in [-0.25, -0.2) is 9.59 Å². The van der Waals surface area contributed by atoms with Crippen molar-refractivity contribution < 1.29 is 33.0 Å². The first-order chi connectivity index (χ1) is 22.5. The molecule has 0 aliphatic carbocycles. The molecule has 0 aromatic heterocycles. The van der Waals surface area contributed by atoms with Gasteiger partial charge in [0.05, 0.1) is 31.8 Å². The Hall–Kier alpha value is -2.90. The van der Waals surface area contributed by atoms with Gasteiger partial charge in [-0.2, -0.15) is 0 Å². The van der Waals surface area contributed by atoms with Gasteiger partial charge in [-0.05, 0) is 24.5 Å². The maximum atomic E-state index is 14.5. The maximum absolute atomic E-state index is 14.5. The van der Waals surface area contributed by atoms with Gasteiger partial charge in [0.2, 0.25) is 11.9 Å². The van der Waals surface area contributed by atoms with Crippen LogP contribution >= 0.6 is 0 Å². The van der Waals surface area contributed by atoms with Crippen molar-refractivity contribution in [2.45, 2.75) is 140 Å². The van der Waals surface area contributed by atoms with Crippen molar-refractivity contribution in [1.29, 1.82) is 0 Å². The average molecular weight is 635 g/mol. The Balaban J connectivity index is 1.22. The number of unbranched alkanes of at least 4 members (excludes halogenated alkanes) is 8. The number of quaternary nitrogens is 1. The van der Waals surface area contributed by atoms with Crippen LogP contribution in [-0.4, -0.2) is 60.8 Å². The fourth-order valence-corrected chi connectivity index (χ4v) is 8.48. The molecular weight excluding hydrogens is 578 g/mol. The van der Waals surface area contributed by atoms with Crippen LogP contribution in [0.25, 0.3) is 0 Å². The van der Waals surface area contributed by atoms with Crippen LogP contribution in [0, 0.1) is 0 Å². The molecule has 0 N–H and O–H groups in total. The highest BCUT2D eigenvalue weighted by atomic mass is 16.8. The first kappa shape index (κ1) is 34.4. The molecule has 0 amide bonds. The Morgan fingerprint density at radius 3 is 1.85 bits per heavy atom. The van der Waals surface area contributed by atoms with Crippen molar-refractivity contribution >= 4 is 12.1 Å². The molecule has 252 valence electrons. The minimum Gasteiger partial charge on any atom is -0.459 e. The lowest BCUT2D eigenvalue weighted by Crippen LogP contribution is -2.60. The van der Waals surface area contributed by atoms with Crippen molar-refractivity contribution in [2.24, 2.45) is 0 Å². The highest BCUT2D eigenvalue weighted by Crippen LogP contribution is 2.47. The van der Waals surface area contributed by atoms with E-state index in [0.29, 0.717) is 29.8 Å². The van der Waals surface area contributed by atoms with E-state index >= 15 is 0 Å². The quantitative estimate of drug-likeness (QED) is 0.0750. The summed E-state index contributed by atoms with van der Waals surface area (Å²) in [4.78, 5) is 27.2. The summed E-state index contributed by atoms with van der Waals surface area (Å²) in [6.45, 7) is 6.70. The van der Waals surface area contributed by atoms with E-state index in [9.17, 15) is 9.59 Å². The number of esters is 1. The van der Waals surface area contributed by atoms with Crippen LogP contribution in [0.4, 0.5) is 4.79 Å². The zero-order chi connectivity index (χ0) is 32.2. The minimum atomic E-state index is -1.62. The molecule has 3 atom stereocenters. The predicted molar refractivity (Wildman–Crippen MR) is 179 cm³/mol. The van der Waals surface area contributed by atoms with Gasteiger partial charge in [0.25, 0.3) is 0 Å². The van der Waals surface area contributed by atoms with Crippen LogP contribution in [0.5, 0.6) is 0 Å². The van der Waals surface area contributed by atoms with Gasteiger partial charge in [-0.1, -0.05) is 119 Å². The fourth-order valence-electron chi connectivity index (χ4n) is 8.48. The first-order valence-corrected chi connectivity index (χ1v) is 18.2. The Labute approximate surface area is 276 Å². The van der Waals surface area contributed by atoms with E-state index in [1.165, 1.54) is 81.8 Å². The number of piperidine rings is 1. The molecule has 7 heteroatoms. The molecule has 3 saturated heterocycles. The van der Waals surface area contributed by atoms with Gasteiger partial charge >= 0.3 is 12.1 Å². The molecule has 3 aliphatic heterocycles. The molecule has 46 heavy (non-hydrogen) atoms. The Bertz CT molecular complexity index is 1160. The lowest BCUT2D eigenvalue weighted by Gasteiger charge is -2.47. The molecule has 3 fully saturated rings. The average Bonchev–Trinajstić information content (AvgIpc) is 3.61. The number of carbonyl (C=O) groups excluding carboxylic acids is 2. The summed E-state index contributed by atoms with van der Waals surface area (Å²) in [6.07, 6.45) is 15.4. The van der Waals surface area contributed by atoms with Gasteiger partial charge in [0.15, 0.2) is 0 Å². The first-order valence-electron chi connectivity index (χ1n) is 18.2. The van der Waals surface area contributed by atoms with Gasteiger partial charge < -0.3 is 23.4 Å². The van der Waals surface area contributed by atoms with Crippen molar-refractivity contribution in [1.82, 2.24) is 0 Å². The minimum absolute atomic E-state index is 0.165. The summed E-state index contributed by atoms with van der Waals surface area (Å²) < 4.78 is 25.2. The molecule has 2 aromatic carbocycles. The van der Waals surface area contributed by atoms with E-state index in [-0.39, 0.29) is 6.10 Å². The van der Waals surface area contributed by atoms with E-state index in [1.54, 1.807) is 6.92 Å². The van der Waals surface area contributed by atoms with E-state index < -0.39 is 24.0 Å². The van der Waals surface area contributed by atoms with Crippen molar-refractivity contribution in [2.75, 3.05) is 19.7 Å². The van der Waals surface area contributed by atoms with Gasteiger partial charge in [0, 0.05) is 38.5 Å². The van der Waals surface area contributed by atoms with E-state index in [4.69, 9.17) is 18.9 Å². The zero-order valence-electron chi connectivity index (χ0n) is 28.2. The van der Waals surface area contributed by atoms with Crippen LogP contribution in [0.3, 0.4) is 0 Å². The van der Waals surface area contributed by atoms with E-state index in [2.05, 4.69) is 6.92 Å². The molecule has 7 nitrogen and oxygen atoms in total. The molecule has 1 spiro atoms. The van der Waals surface area contributed by atoms with Crippen LogP contribution < -0.4 is 0 Å². The third-order valence-electron chi connectivity index (χ3n) is 10.8. The molecule has 2 bridgehead atoms. The smallest absolute Gasteiger partial charge is 0.459 e. The van der Waals surface area contributed by atoms with Crippen LogP contribution in [0.2, 0.25) is 0 Å². The molecule has 2 aromatic rings. The maximum Gasteiger partial charge on any atom is 0.510 e. The highest BCUT2D eigenvalue weighted by Gasteiger charge is 2.57. The normalized spacial score (nSPS) is 22.4. The summed E-state index contributed by atoms with van der Waals surface area (Å²) in [7, 11) is 0. The second-order valence-electron chi connectivity index (χ2n) is 13.8. The number of hydrogen-bond acceptors (Lipinski definition) is 6. The zero-order valence-corrected chi connectivity index (χ0v) is 28.2. The lowest BCUT2D eigenvalue weighted by molar-refractivity contribution is -0.956. The van der Waals surface area contributed by atoms with E-state index in [1.807, 2.05) is 60.7 Å². The van der Waals surface area contributed by atoms with Gasteiger partial charge in [-0.3, -0.25) is 0 Å². The number of nitrogens with zero attached hydrogens (tertiary/aromatic N) is 1. The van der Waals surface area contributed by atoms with Gasteiger partial charge in [0.1, 0.15) is 6.10 Å². The Kier molecular flexibility index (Phi) is 12.6. The summed E-state index contributed by atoms with van der Waals surface area (Å²) >= 11 is 0. The summed E-state index contributed by atoms with van der Waals surface area (Å²) in [5, 5.41) is 0. The number of rotatable bonds is 17. The second kappa shape index (κ2) is 16.8. The lowest BCUT2D eigenvalue weighted by atomic mass is 9.85. The van der Waals surface area contributed by atoms with Crippen molar-refractivity contribution in [3.05, 3.63) is 71.8 Å². The molecule has 3 heterocycles. The van der Waals surface area contributed by atoms with Crippen LogP contribution in [-0.2, 0) is 29.3 Å². The van der Waals surface area contributed by atoms with Crippen LogP contribution in [0.1, 0.15) is 121 Å². The van der Waals surface area contributed by atoms with E-state index in [0.717, 1.165) is 32.1 Å². The molecule has 0 radical (unpaired) electrons. The summed E-state index contributed by atoms with van der Waals surface area (Å²) in [5.41, 5.74) is -0.353. The number of ether oxygens (including phenoxy) is 4. The third kappa shape index (κ3) is 8.14. The third-order valence-corrected chi connectivity index (χ3v) is 10.8.